The van der Waals surface area contributed by atoms with Crippen molar-refractivity contribution in [2.75, 3.05) is 26.7 Å². The molecule has 0 aliphatic carbocycles. The van der Waals surface area contributed by atoms with E-state index in [-0.39, 0.29) is 11.9 Å². The van der Waals surface area contributed by atoms with E-state index in [0.717, 1.165) is 19.6 Å². The fraction of sp³-hybridized carbons (Fsp3) is 0.917. The SMILES string of the molecule is CCNC(C)CC(=O)NCC1CCCN1C. The number of nitrogens with zero attached hydrogens (tertiary/aromatic N) is 1. The van der Waals surface area contributed by atoms with Crippen LogP contribution in [0.25, 0.3) is 0 Å². The molecule has 2 N–H and O–H groups in total. The summed E-state index contributed by atoms with van der Waals surface area (Å²) in [6.07, 6.45) is 3.04. The lowest BCUT2D eigenvalue weighted by atomic mass is 10.2. The lowest BCUT2D eigenvalue weighted by Crippen LogP contribution is -2.40. The Hall–Kier alpha value is -0.610. The zero-order chi connectivity index (χ0) is 12.0. The minimum absolute atomic E-state index is 0.161. The van der Waals surface area contributed by atoms with Gasteiger partial charge in [0.15, 0.2) is 0 Å². The Morgan fingerprint density at radius 1 is 1.56 bits per heavy atom. The van der Waals surface area contributed by atoms with Gasteiger partial charge in [-0.3, -0.25) is 4.79 Å². The van der Waals surface area contributed by atoms with Gasteiger partial charge in [-0.05, 0) is 39.9 Å². The quantitative estimate of drug-likeness (QED) is 0.698. The maximum absolute atomic E-state index is 11.6. The zero-order valence-corrected chi connectivity index (χ0v) is 10.8. The van der Waals surface area contributed by atoms with Crippen LogP contribution in [0.15, 0.2) is 0 Å². The van der Waals surface area contributed by atoms with E-state index in [0.29, 0.717) is 12.5 Å². The molecule has 1 amide bonds. The van der Waals surface area contributed by atoms with E-state index < -0.39 is 0 Å². The first-order valence-electron chi connectivity index (χ1n) is 6.33. The van der Waals surface area contributed by atoms with Crippen LogP contribution in [0.5, 0.6) is 0 Å². The number of hydrogen-bond donors (Lipinski definition) is 2. The van der Waals surface area contributed by atoms with Crippen molar-refractivity contribution in [3.63, 3.8) is 0 Å². The van der Waals surface area contributed by atoms with Crippen LogP contribution in [0.2, 0.25) is 0 Å². The summed E-state index contributed by atoms with van der Waals surface area (Å²) >= 11 is 0. The van der Waals surface area contributed by atoms with E-state index >= 15 is 0 Å². The summed E-state index contributed by atoms with van der Waals surface area (Å²) < 4.78 is 0. The number of likely N-dealkylation sites (N-methyl/N-ethyl adjacent to an activating group) is 1. The average Bonchev–Trinajstić information content (AvgIpc) is 2.61. The van der Waals surface area contributed by atoms with Crippen molar-refractivity contribution in [2.24, 2.45) is 0 Å². The highest BCUT2D eigenvalue weighted by Gasteiger charge is 2.21. The number of likely N-dealkylation sites (tertiary alicyclic amines) is 1. The smallest absolute Gasteiger partial charge is 0.221 e. The molecule has 1 aliphatic rings. The molecule has 1 fully saturated rings. The Morgan fingerprint density at radius 2 is 2.31 bits per heavy atom. The summed E-state index contributed by atoms with van der Waals surface area (Å²) in [5.74, 6) is 0.161. The second-order valence-electron chi connectivity index (χ2n) is 4.74. The van der Waals surface area contributed by atoms with Crippen LogP contribution >= 0.6 is 0 Å². The molecule has 1 heterocycles. The molecule has 0 spiro atoms. The van der Waals surface area contributed by atoms with E-state index in [1.807, 2.05) is 6.92 Å². The van der Waals surface area contributed by atoms with E-state index in [1.165, 1.54) is 12.8 Å². The zero-order valence-electron chi connectivity index (χ0n) is 10.8. The maximum atomic E-state index is 11.6. The third kappa shape index (κ3) is 4.49. The first-order valence-corrected chi connectivity index (χ1v) is 6.33. The maximum Gasteiger partial charge on any atom is 0.221 e. The van der Waals surface area contributed by atoms with Crippen molar-refractivity contribution >= 4 is 5.91 Å². The molecule has 2 atom stereocenters. The summed E-state index contributed by atoms with van der Waals surface area (Å²) in [5.41, 5.74) is 0. The molecule has 0 bridgehead atoms. The van der Waals surface area contributed by atoms with Gasteiger partial charge in [0.1, 0.15) is 0 Å². The Bertz CT molecular complexity index is 220. The molecule has 16 heavy (non-hydrogen) atoms. The van der Waals surface area contributed by atoms with Crippen LogP contribution in [0.1, 0.15) is 33.1 Å². The van der Waals surface area contributed by atoms with Crippen LogP contribution in [-0.4, -0.2) is 49.6 Å². The summed E-state index contributed by atoms with van der Waals surface area (Å²) in [4.78, 5) is 13.9. The number of carbonyl (C=O) groups is 1. The molecule has 2 unspecified atom stereocenters. The highest BCUT2D eigenvalue weighted by atomic mass is 16.1. The Balaban J connectivity index is 2.14. The van der Waals surface area contributed by atoms with Gasteiger partial charge in [0.05, 0.1) is 0 Å². The van der Waals surface area contributed by atoms with Crippen molar-refractivity contribution in [3.8, 4) is 0 Å². The predicted octanol–water partition coefficient (Wildman–Crippen LogP) is 0.585. The minimum Gasteiger partial charge on any atom is -0.354 e. The minimum atomic E-state index is 0.161. The summed E-state index contributed by atoms with van der Waals surface area (Å²) in [7, 11) is 2.13. The van der Waals surface area contributed by atoms with Crippen molar-refractivity contribution in [2.45, 2.75) is 45.2 Å². The molecule has 94 valence electrons. The molecule has 0 radical (unpaired) electrons. The second-order valence-corrected chi connectivity index (χ2v) is 4.74. The van der Waals surface area contributed by atoms with Gasteiger partial charge < -0.3 is 15.5 Å². The third-order valence-corrected chi connectivity index (χ3v) is 3.25. The molecule has 0 saturated carbocycles. The van der Waals surface area contributed by atoms with Gasteiger partial charge in [-0.2, -0.15) is 0 Å². The molecule has 4 nitrogen and oxygen atoms in total. The number of amides is 1. The lowest BCUT2D eigenvalue weighted by Gasteiger charge is -2.20. The Kier molecular flexibility index (Phi) is 5.77. The Labute approximate surface area is 98.8 Å². The molecule has 1 saturated heterocycles. The summed E-state index contributed by atoms with van der Waals surface area (Å²) in [6, 6.07) is 0.810. The van der Waals surface area contributed by atoms with Crippen LogP contribution in [-0.2, 0) is 4.79 Å². The van der Waals surface area contributed by atoms with E-state index in [1.54, 1.807) is 0 Å². The first kappa shape index (κ1) is 13.5. The van der Waals surface area contributed by atoms with E-state index in [2.05, 4.69) is 29.5 Å². The van der Waals surface area contributed by atoms with Crippen molar-refractivity contribution in [1.29, 1.82) is 0 Å². The van der Waals surface area contributed by atoms with Crippen LogP contribution < -0.4 is 10.6 Å². The molecule has 0 aromatic carbocycles. The van der Waals surface area contributed by atoms with Crippen molar-refractivity contribution < 1.29 is 4.79 Å². The molecular weight excluding hydrogens is 202 g/mol. The topological polar surface area (TPSA) is 44.4 Å². The van der Waals surface area contributed by atoms with Crippen LogP contribution in [0.3, 0.4) is 0 Å². The van der Waals surface area contributed by atoms with Gasteiger partial charge in [0.25, 0.3) is 0 Å². The molecule has 1 rings (SSSR count). The first-order chi connectivity index (χ1) is 7.63. The third-order valence-electron chi connectivity index (χ3n) is 3.25. The van der Waals surface area contributed by atoms with E-state index in [9.17, 15) is 4.79 Å². The number of rotatable bonds is 6. The molecule has 0 aromatic heterocycles. The van der Waals surface area contributed by atoms with Crippen LogP contribution in [0.4, 0.5) is 0 Å². The molecule has 0 aromatic rings. The standard InChI is InChI=1S/C12H25N3O/c1-4-13-10(2)8-12(16)14-9-11-6-5-7-15(11)3/h10-11,13H,4-9H2,1-3H3,(H,14,16). The lowest BCUT2D eigenvalue weighted by molar-refractivity contribution is -0.121. The molecule has 1 aliphatic heterocycles. The fourth-order valence-electron chi connectivity index (χ4n) is 2.24. The van der Waals surface area contributed by atoms with Gasteiger partial charge in [-0.1, -0.05) is 6.92 Å². The van der Waals surface area contributed by atoms with Gasteiger partial charge in [0.2, 0.25) is 5.91 Å². The predicted molar refractivity (Wildman–Crippen MR) is 66.4 cm³/mol. The summed E-state index contributed by atoms with van der Waals surface area (Å²) in [6.45, 7) is 6.98. The molecular formula is C12H25N3O. The Morgan fingerprint density at radius 3 is 2.88 bits per heavy atom. The molecule has 4 heteroatoms. The summed E-state index contributed by atoms with van der Waals surface area (Å²) in [5, 5.41) is 6.27. The number of nitrogens with one attached hydrogen (secondary N) is 2. The monoisotopic (exact) mass is 227 g/mol. The number of hydrogen-bond acceptors (Lipinski definition) is 3. The van der Waals surface area contributed by atoms with Crippen molar-refractivity contribution in [3.05, 3.63) is 0 Å². The second kappa shape index (κ2) is 6.86. The van der Waals surface area contributed by atoms with Gasteiger partial charge in [-0.15, -0.1) is 0 Å². The van der Waals surface area contributed by atoms with Gasteiger partial charge >= 0.3 is 0 Å². The van der Waals surface area contributed by atoms with Crippen molar-refractivity contribution in [1.82, 2.24) is 15.5 Å². The van der Waals surface area contributed by atoms with E-state index in [4.69, 9.17) is 0 Å². The van der Waals surface area contributed by atoms with Gasteiger partial charge in [-0.25, -0.2) is 0 Å². The highest BCUT2D eigenvalue weighted by molar-refractivity contribution is 5.76. The highest BCUT2D eigenvalue weighted by Crippen LogP contribution is 2.13. The number of carbonyl (C=O) groups excluding carboxylic acids is 1. The van der Waals surface area contributed by atoms with Crippen LogP contribution in [0, 0.1) is 0 Å². The van der Waals surface area contributed by atoms with Gasteiger partial charge in [0, 0.05) is 25.0 Å². The largest absolute Gasteiger partial charge is 0.354 e. The normalized spacial score (nSPS) is 23.3. The average molecular weight is 227 g/mol. The fourth-order valence-corrected chi connectivity index (χ4v) is 2.24.